The first-order valence-corrected chi connectivity index (χ1v) is 8.70. The third kappa shape index (κ3) is 4.69. The summed E-state index contributed by atoms with van der Waals surface area (Å²) in [5.41, 5.74) is 1.73. The van der Waals surface area contributed by atoms with Crippen LogP contribution in [0.25, 0.3) is 0 Å². The molecule has 5 nitrogen and oxygen atoms in total. The number of aryl methyl sites for hydroxylation is 1. The van der Waals surface area contributed by atoms with Crippen molar-refractivity contribution >= 4 is 9.84 Å². The first kappa shape index (κ1) is 17.9. The molecule has 1 unspecified atom stereocenters. The molecule has 1 rings (SSSR count). The minimum absolute atomic E-state index is 0.263. The van der Waals surface area contributed by atoms with Crippen LogP contribution in [-0.2, 0) is 9.84 Å². The van der Waals surface area contributed by atoms with E-state index in [4.69, 9.17) is 4.74 Å². The van der Waals surface area contributed by atoms with Gasteiger partial charge in [-0.2, -0.15) is 0 Å². The van der Waals surface area contributed by atoms with Crippen molar-refractivity contribution in [2.45, 2.75) is 31.6 Å². The predicted molar refractivity (Wildman–Crippen MR) is 84.5 cm³/mol. The molecular weight excluding hydrogens is 290 g/mol. The predicted octanol–water partition coefficient (Wildman–Crippen LogP) is 1.45. The molecule has 0 heterocycles. The molecule has 0 bridgehead atoms. The number of aliphatic hydroxyl groups excluding tert-OH is 1. The molecule has 0 aromatic heterocycles. The number of benzene rings is 1. The minimum Gasteiger partial charge on any atom is -0.496 e. The van der Waals surface area contributed by atoms with Gasteiger partial charge in [-0.1, -0.05) is 11.6 Å². The monoisotopic (exact) mass is 315 g/mol. The maximum absolute atomic E-state index is 11.6. The van der Waals surface area contributed by atoms with Crippen molar-refractivity contribution in [3.8, 4) is 5.75 Å². The van der Waals surface area contributed by atoms with E-state index in [0.29, 0.717) is 11.3 Å². The molecule has 1 atom stereocenters. The van der Waals surface area contributed by atoms with E-state index in [2.05, 4.69) is 5.32 Å². The van der Waals surface area contributed by atoms with E-state index in [1.54, 1.807) is 21.0 Å². The van der Waals surface area contributed by atoms with Gasteiger partial charge in [-0.05, 0) is 32.9 Å². The van der Waals surface area contributed by atoms with Crippen LogP contribution in [0.15, 0.2) is 18.2 Å². The highest BCUT2D eigenvalue weighted by Crippen LogP contribution is 2.26. The Morgan fingerprint density at radius 3 is 2.52 bits per heavy atom. The molecule has 2 N–H and O–H groups in total. The zero-order valence-corrected chi connectivity index (χ0v) is 14.1. The van der Waals surface area contributed by atoms with Crippen LogP contribution in [0.3, 0.4) is 0 Å². The summed E-state index contributed by atoms with van der Waals surface area (Å²) in [5.74, 6) is 0.622. The van der Waals surface area contributed by atoms with E-state index < -0.39 is 20.7 Å². The first-order chi connectivity index (χ1) is 9.58. The zero-order valence-electron chi connectivity index (χ0n) is 13.3. The quantitative estimate of drug-likeness (QED) is 0.796. The molecule has 0 amide bonds. The molecule has 0 aliphatic rings. The van der Waals surface area contributed by atoms with Gasteiger partial charge in [0.05, 0.1) is 18.0 Å². The van der Waals surface area contributed by atoms with Crippen molar-refractivity contribution in [2.24, 2.45) is 0 Å². The van der Waals surface area contributed by atoms with Crippen LogP contribution in [0.1, 0.15) is 31.1 Å². The minimum atomic E-state index is -3.15. The maximum Gasteiger partial charge on any atom is 0.153 e. The highest BCUT2D eigenvalue weighted by molar-refractivity contribution is 7.92. The van der Waals surface area contributed by atoms with Crippen LogP contribution in [0.2, 0.25) is 0 Å². The van der Waals surface area contributed by atoms with Crippen LogP contribution in [-0.4, -0.2) is 44.7 Å². The average molecular weight is 315 g/mol. The van der Waals surface area contributed by atoms with Gasteiger partial charge >= 0.3 is 0 Å². The number of hydrogen-bond acceptors (Lipinski definition) is 5. The second-order valence-electron chi connectivity index (χ2n) is 5.92. The Morgan fingerprint density at radius 1 is 1.38 bits per heavy atom. The standard InChI is InChI=1S/C15H25NO4S/c1-11-6-7-14(20-4)12(8-11)13(17)9-16-10-15(2,3)21(5,18)19/h6-8,13,16-17H,9-10H2,1-5H3. The Hall–Kier alpha value is -1.11. The van der Waals surface area contributed by atoms with Gasteiger partial charge in [0.25, 0.3) is 0 Å². The molecule has 1 aromatic rings. The number of rotatable bonds is 7. The molecule has 0 fully saturated rings. The molecule has 1 aromatic carbocycles. The second-order valence-corrected chi connectivity index (χ2v) is 8.57. The van der Waals surface area contributed by atoms with E-state index in [1.165, 1.54) is 6.26 Å². The van der Waals surface area contributed by atoms with E-state index in [1.807, 2.05) is 25.1 Å². The molecule has 6 heteroatoms. The maximum atomic E-state index is 11.6. The van der Waals surface area contributed by atoms with Crippen molar-refractivity contribution in [2.75, 3.05) is 26.5 Å². The fraction of sp³-hybridized carbons (Fsp3) is 0.600. The average Bonchev–Trinajstić information content (AvgIpc) is 2.37. The Kier molecular flexibility index (Phi) is 5.78. The van der Waals surface area contributed by atoms with Crippen LogP contribution < -0.4 is 10.1 Å². The van der Waals surface area contributed by atoms with Crippen molar-refractivity contribution < 1.29 is 18.3 Å². The number of nitrogens with one attached hydrogen (secondary N) is 1. The van der Waals surface area contributed by atoms with Gasteiger partial charge in [0.1, 0.15) is 5.75 Å². The van der Waals surface area contributed by atoms with Crippen molar-refractivity contribution in [3.63, 3.8) is 0 Å². The van der Waals surface area contributed by atoms with E-state index in [-0.39, 0.29) is 13.1 Å². The van der Waals surface area contributed by atoms with E-state index >= 15 is 0 Å². The summed E-state index contributed by atoms with van der Waals surface area (Å²) in [6.45, 7) is 5.80. The van der Waals surface area contributed by atoms with Crippen LogP contribution in [0.4, 0.5) is 0 Å². The van der Waals surface area contributed by atoms with Gasteiger partial charge in [-0.25, -0.2) is 8.42 Å². The number of methoxy groups -OCH3 is 1. The third-order valence-corrected chi connectivity index (χ3v) is 5.79. The summed E-state index contributed by atoms with van der Waals surface area (Å²) in [4.78, 5) is 0. The van der Waals surface area contributed by atoms with Gasteiger partial charge in [0.15, 0.2) is 9.84 Å². The molecule has 0 aliphatic heterocycles. The summed E-state index contributed by atoms with van der Waals surface area (Å²) >= 11 is 0. The van der Waals surface area contributed by atoms with Gasteiger partial charge in [-0.3, -0.25) is 0 Å². The summed E-state index contributed by atoms with van der Waals surface area (Å²) in [6, 6.07) is 5.59. The second kappa shape index (κ2) is 6.77. The topological polar surface area (TPSA) is 75.6 Å². The summed E-state index contributed by atoms with van der Waals surface area (Å²) < 4.78 is 27.6. The SMILES string of the molecule is COc1ccc(C)cc1C(O)CNCC(C)(C)S(C)(=O)=O. The van der Waals surface area contributed by atoms with Crippen molar-refractivity contribution in [1.29, 1.82) is 0 Å². The van der Waals surface area contributed by atoms with Crippen LogP contribution in [0.5, 0.6) is 5.75 Å². The Bertz CT molecular complexity index is 581. The number of sulfone groups is 1. The van der Waals surface area contributed by atoms with E-state index in [9.17, 15) is 13.5 Å². The summed E-state index contributed by atoms with van der Waals surface area (Å²) in [5, 5.41) is 13.3. The molecule has 0 saturated carbocycles. The van der Waals surface area contributed by atoms with Crippen LogP contribution in [0, 0.1) is 6.92 Å². The lowest BCUT2D eigenvalue weighted by molar-refractivity contribution is 0.169. The van der Waals surface area contributed by atoms with Gasteiger partial charge in [-0.15, -0.1) is 0 Å². The normalized spacial score (nSPS) is 14.0. The van der Waals surface area contributed by atoms with E-state index in [0.717, 1.165) is 5.56 Å². The molecule has 0 spiro atoms. The molecule has 120 valence electrons. The number of ether oxygens (including phenoxy) is 1. The molecule has 0 radical (unpaired) electrons. The molecule has 0 aliphatic carbocycles. The lowest BCUT2D eigenvalue weighted by Crippen LogP contribution is -2.42. The molecule has 21 heavy (non-hydrogen) atoms. The molecular formula is C15H25NO4S. The molecule has 0 saturated heterocycles. The lowest BCUT2D eigenvalue weighted by Gasteiger charge is -2.24. The highest BCUT2D eigenvalue weighted by Gasteiger charge is 2.29. The Balaban J connectivity index is 2.71. The third-order valence-electron chi connectivity index (χ3n) is 3.64. The van der Waals surface area contributed by atoms with Crippen molar-refractivity contribution in [1.82, 2.24) is 5.32 Å². The highest BCUT2D eigenvalue weighted by atomic mass is 32.2. The summed E-state index contributed by atoms with van der Waals surface area (Å²) in [6.07, 6.45) is 0.463. The Labute approximate surface area is 127 Å². The summed E-state index contributed by atoms with van der Waals surface area (Å²) in [7, 11) is -1.60. The lowest BCUT2D eigenvalue weighted by atomic mass is 10.0. The largest absolute Gasteiger partial charge is 0.496 e. The van der Waals surface area contributed by atoms with Crippen molar-refractivity contribution in [3.05, 3.63) is 29.3 Å². The van der Waals surface area contributed by atoms with Gasteiger partial charge < -0.3 is 15.2 Å². The zero-order chi connectivity index (χ0) is 16.3. The smallest absolute Gasteiger partial charge is 0.153 e. The first-order valence-electron chi connectivity index (χ1n) is 6.81. The number of hydrogen-bond donors (Lipinski definition) is 2. The number of aliphatic hydroxyl groups is 1. The fourth-order valence-electron chi connectivity index (χ4n) is 1.87. The Morgan fingerprint density at radius 2 is 2.00 bits per heavy atom. The fourth-order valence-corrected chi connectivity index (χ4v) is 2.23. The van der Waals surface area contributed by atoms with Gasteiger partial charge in [0.2, 0.25) is 0 Å². The van der Waals surface area contributed by atoms with Crippen LogP contribution >= 0.6 is 0 Å². The van der Waals surface area contributed by atoms with Gasteiger partial charge in [0, 0.05) is 24.9 Å².